The first kappa shape index (κ1) is 23.8. The number of piperazine rings is 1. The van der Waals surface area contributed by atoms with Crippen molar-refractivity contribution in [1.29, 1.82) is 0 Å². The van der Waals surface area contributed by atoms with Crippen LogP contribution in [-0.2, 0) is 19.6 Å². The van der Waals surface area contributed by atoms with Crippen LogP contribution < -0.4 is 15.4 Å². The Balaban J connectivity index is 1.64. The zero-order valence-corrected chi connectivity index (χ0v) is 18.5. The van der Waals surface area contributed by atoms with Crippen molar-refractivity contribution in [2.45, 2.75) is 19.3 Å². The third-order valence-corrected chi connectivity index (χ3v) is 6.70. The van der Waals surface area contributed by atoms with Gasteiger partial charge in [0, 0.05) is 60.0 Å². The first-order valence-electron chi connectivity index (χ1n) is 10.3. The summed E-state index contributed by atoms with van der Waals surface area (Å²) in [5, 5.41) is 5.97. The van der Waals surface area contributed by atoms with Crippen LogP contribution in [0.4, 0.5) is 0 Å². The molecule has 1 aliphatic heterocycles. The molecule has 1 heterocycles. The molecule has 0 radical (unpaired) electrons. The molecule has 1 saturated carbocycles. The molecular formula is C18H36N6O4S. The average Bonchev–Trinajstić information content (AvgIpc) is 2.65. The Labute approximate surface area is 174 Å². The van der Waals surface area contributed by atoms with Crippen molar-refractivity contribution in [2.24, 2.45) is 10.9 Å². The van der Waals surface area contributed by atoms with E-state index in [1.165, 1.54) is 6.42 Å². The fourth-order valence-corrected chi connectivity index (χ4v) is 4.32. The molecule has 2 rings (SSSR count). The lowest BCUT2D eigenvalue weighted by Gasteiger charge is -2.36. The van der Waals surface area contributed by atoms with E-state index in [0.717, 1.165) is 39.0 Å². The maximum atomic E-state index is 12.1. The van der Waals surface area contributed by atoms with Crippen LogP contribution in [0.5, 0.6) is 0 Å². The minimum Gasteiger partial charge on any atom is -0.383 e. The van der Waals surface area contributed by atoms with Gasteiger partial charge in [0.25, 0.3) is 0 Å². The van der Waals surface area contributed by atoms with Crippen LogP contribution >= 0.6 is 0 Å². The highest BCUT2D eigenvalue weighted by Crippen LogP contribution is 2.25. The van der Waals surface area contributed by atoms with Gasteiger partial charge in [-0.3, -0.25) is 14.7 Å². The number of methoxy groups -OCH3 is 1. The van der Waals surface area contributed by atoms with Crippen LogP contribution in [0.2, 0.25) is 0 Å². The minimum atomic E-state index is -3.27. The van der Waals surface area contributed by atoms with Gasteiger partial charge < -0.3 is 20.3 Å². The lowest BCUT2D eigenvalue weighted by molar-refractivity contribution is -0.122. The smallest absolute Gasteiger partial charge is 0.234 e. The molecule has 1 saturated heterocycles. The molecule has 168 valence electrons. The number of aliphatic imine (C=N–C) groups is 1. The number of rotatable bonds is 11. The second-order valence-corrected chi connectivity index (χ2v) is 9.47. The molecule has 10 nitrogen and oxygen atoms in total. The number of amides is 1. The molecule has 0 spiro atoms. The van der Waals surface area contributed by atoms with E-state index in [0.29, 0.717) is 44.7 Å². The molecule has 0 unspecified atom stereocenters. The minimum absolute atomic E-state index is 0.00221. The van der Waals surface area contributed by atoms with Gasteiger partial charge in [-0.05, 0) is 18.8 Å². The van der Waals surface area contributed by atoms with E-state index in [1.807, 2.05) is 0 Å². The summed E-state index contributed by atoms with van der Waals surface area (Å²) in [4.78, 5) is 20.3. The summed E-state index contributed by atoms with van der Waals surface area (Å²) < 4.78 is 31.8. The third-order valence-electron chi connectivity index (χ3n) is 5.35. The van der Waals surface area contributed by atoms with Crippen LogP contribution in [0.15, 0.2) is 4.99 Å². The lowest BCUT2D eigenvalue weighted by Crippen LogP contribution is -2.54. The van der Waals surface area contributed by atoms with Crippen LogP contribution in [0.25, 0.3) is 0 Å². The van der Waals surface area contributed by atoms with E-state index in [9.17, 15) is 13.2 Å². The van der Waals surface area contributed by atoms with Crippen molar-refractivity contribution in [3.8, 4) is 0 Å². The van der Waals surface area contributed by atoms with Crippen molar-refractivity contribution < 1.29 is 17.9 Å². The number of nitrogens with one attached hydrogen (secondary N) is 3. The van der Waals surface area contributed by atoms with Gasteiger partial charge >= 0.3 is 0 Å². The normalized spacial score (nSPS) is 19.1. The van der Waals surface area contributed by atoms with Gasteiger partial charge in [0.15, 0.2) is 5.96 Å². The molecule has 0 bridgehead atoms. The van der Waals surface area contributed by atoms with Crippen molar-refractivity contribution in [2.75, 3.05) is 78.9 Å². The zero-order chi connectivity index (χ0) is 21.1. The Kier molecular flexibility index (Phi) is 10.1. The molecule has 2 fully saturated rings. The standard InChI is InChI=1S/C18H36N6O4S/c1-19-18(21-7-13-29(26,27)22-14-16-4-3-5-16)24-10-8-23(9-11-24)15-17(25)20-6-12-28-2/h16,22H,3-15H2,1-2H3,(H,19,21)(H,20,25). The van der Waals surface area contributed by atoms with Crippen molar-refractivity contribution in [3.63, 3.8) is 0 Å². The number of hydrogen-bond donors (Lipinski definition) is 3. The second-order valence-electron chi connectivity index (χ2n) is 7.54. The summed E-state index contributed by atoms with van der Waals surface area (Å²) in [6.07, 6.45) is 3.44. The quantitative estimate of drug-likeness (QED) is 0.210. The summed E-state index contributed by atoms with van der Waals surface area (Å²) in [6.45, 7) is 5.23. The van der Waals surface area contributed by atoms with Gasteiger partial charge in [0.2, 0.25) is 15.9 Å². The lowest BCUT2D eigenvalue weighted by atomic mass is 9.86. The summed E-state index contributed by atoms with van der Waals surface area (Å²) in [5.74, 6) is 1.23. The number of hydrogen-bond acceptors (Lipinski definition) is 6. The number of ether oxygens (including phenoxy) is 1. The fourth-order valence-electron chi connectivity index (χ4n) is 3.31. The molecule has 1 amide bonds. The Morgan fingerprint density at radius 2 is 1.86 bits per heavy atom. The summed E-state index contributed by atoms with van der Waals surface area (Å²) in [7, 11) is 0.0334. The maximum absolute atomic E-state index is 12.1. The second kappa shape index (κ2) is 12.3. The topological polar surface area (TPSA) is 115 Å². The molecule has 0 aromatic rings. The van der Waals surface area contributed by atoms with E-state index in [2.05, 4.69) is 30.1 Å². The fraction of sp³-hybridized carbons (Fsp3) is 0.889. The van der Waals surface area contributed by atoms with E-state index in [-0.39, 0.29) is 11.7 Å². The largest absolute Gasteiger partial charge is 0.383 e. The molecule has 3 N–H and O–H groups in total. The number of guanidine groups is 1. The summed E-state index contributed by atoms with van der Waals surface area (Å²) in [5.41, 5.74) is 0. The summed E-state index contributed by atoms with van der Waals surface area (Å²) in [6, 6.07) is 0. The van der Waals surface area contributed by atoms with Crippen LogP contribution in [-0.4, -0.2) is 109 Å². The first-order valence-corrected chi connectivity index (χ1v) is 12.0. The molecule has 1 aliphatic carbocycles. The number of sulfonamides is 1. The molecule has 2 aliphatic rings. The van der Waals surface area contributed by atoms with Crippen molar-refractivity contribution in [1.82, 2.24) is 25.2 Å². The average molecular weight is 433 g/mol. The van der Waals surface area contributed by atoms with Gasteiger partial charge in [0.05, 0.1) is 18.9 Å². The number of nitrogens with zero attached hydrogens (tertiary/aromatic N) is 3. The van der Waals surface area contributed by atoms with Gasteiger partial charge in [-0.15, -0.1) is 0 Å². The van der Waals surface area contributed by atoms with Crippen LogP contribution in [0, 0.1) is 5.92 Å². The Hall–Kier alpha value is -1.43. The van der Waals surface area contributed by atoms with Gasteiger partial charge in [0.1, 0.15) is 0 Å². The highest BCUT2D eigenvalue weighted by molar-refractivity contribution is 7.89. The first-order chi connectivity index (χ1) is 13.9. The van der Waals surface area contributed by atoms with E-state index < -0.39 is 10.0 Å². The zero-order valence-electron chi connectivity index (χ0n) is 17.7. The molecule has 11 heteroatoms. The monoisotopic (exact) mass is 432 g/mol. The van der Waals surface area contributed by atoms with Crippen LogP contribution in [0.1, 0.15) is 19.3 Å². The van der Waals surface area contributed by atoms with Gasteiger partial charge in [-0.2, -0.15) is 0 Å². The molecule has 0 atom stereocenters. The van der Waals surface area contributed by atoms with Crippen molar-refractivity contribution in [3.05, 3.63) is 0 Å². The SMILES string of the molecule is CN=C(NCCS(=O)(=O)NCC1CCC1)N1CCN(CC(=O)NCCOC)CC1. The number of carbonyl (C=O) groups excluding carboxylic acids is 1. The highest BCUT2D eigenvalue weighted by Gasteiger charge is 2.22. The Bertz CT molecular complexity index is 630. The molecule has 0 aromatic carbocycles. The molecule has 0 aromatic heterocycles. The molecule has 29 heavy (non-hydrogen) atoms. The van der Waals surface area contributed by atoms with Gasteiger partial charge in [-0.25, -0.2) is 13.1 Å². The van der Waals surface area contributed by atoms with Crippen molar-refractivity contribution >= 4 is 21.9 Å². The predicted molar refractivity (Wildman–Crippen MR) is 113 cm³/mol. The number of carbonyl (C=O) groups is 1. The van der Waals surface area contributed by atoms with Crippen LogP contribution in [0.3, 0.4) is 0 Å². The third kappa shape index (κ3) is 8.85. The van der Waals surface area contributed by atoms with Gasteiger partial charge in [-0.1, -0.05) is 6.42 Å². The van der Waals surface area contributed by atoms with E-state index in [1.54, 1.807) is 14.2 Å². The molecular weight excluding hydrogens is 396 g/mol. The van der Waals surface area contributed by atoms with E-state index in [4.69, 9.17) is 4.74 Å². The predicted octanol–water partition coefficient (Wildman–Crippen LogP) is -1.34. The summed E-state index contributed by atoms with van der Waals surface area (Å²) >= 11 is 0. The highest BCUT2D eigenvalue weighted by atomic mass is 32.2. The Morgan fingerprint density at radius 3 is 2.45 bits per heavy atom. The van der Waals surface area contributed by atoms with E-state index >= 15 is 0 Å². The maximum Gasteiger partial charge on any atom is 0.234 e. The Morgan fingerprint density at radius 1 is 1.14 bits per heavy atom.